The van der Waals surface area contributed by atoms with Gasteiger partial charge in [0.25, 0.3) is 5.91 Å². The predicted octanol–water partition coefficient (Wildman–Crippen LogP) is 4.00. The summed E-state index contributed by atoms with van der Waals surface area (Å²) in [6.07, 6.45) is 4.62. The number of hydrogen-bond donors (Lipinski definition) is 0. The molecule has 1 aromatic carbocycles. The van der Waals surface area contributed by atoms with E-state index < -0.39 is 0 Å². The summed E-state index contributed by atoms with van der Waals surface area (Å²) in [5, 5.41) is 0. The van der Waals surface area contributed by atoms with Gasteiger partial charge in [0.2, 0.25) is 0 Å². The molecule has 1 heterocycles. The fourth-order valence-corrected chi connectivity index (χ4v) is 3.25. The molecular weight excluding hydrogens is 337 g/mol. The molecule has 18 heavy (non-hydrogen) atoms. The third-order valence-corrected chi connectivity index (χ3v) is 5.21. The zero-order valence-electron chi connectivity index (χ0n) is 11.1. The Morgan fingerprint density at radius 3 is 2.94 bits per heavy atom. The maximum Gasteiger partial charge on any atom is 0.255 e. The maximum absolute atomic E-state index is 12.7. The first kappa shape index (κ1) is 13.8. The number of carbonyl (C=O) groups excluding carboxylic acids is 1. The molecule has 0 radical (unpaired) electrons. The summed E-state index contributed by atoms with van der Waals surface area (Å²) >= 11 is 2.29. The van der Waals surface area contributed by atoms with Gasteiger partial charge in [0, 0.05) is 16.2 Å². The molecule has 1 aliphatic rings. The van der Waals surface area contributed by atoms with Gasteiger partial charge in [0.15, 0.2) is 0 Å². The number of piperidine rings is 1. The zero-order chi connectivity index (χ0) is 13.1. The quantitative estimate of drug-likeness (QED) is 0.733. The van der Waals surface area contributed by atoms with Crippen molar-refractivity contribution >= 4 is 28.5 Å². The average Bonchev–Trinajstić information content (AvgIpc) is 2.41. The molecule has 0 spiro atoms. The summed E-state index contributed by atoms with van der Waals surface area (Å²) in [4.78, 5) is 14.7. The fourth-order valence-electron chi connectivity index (χ4n) is 2.66. The first-order chi connectivity index (χ1) is 8.65. The number of aryl methyl sites for hydroxylation is 1. The van der Waals surface area contributed by atoms with Crippen molar-refractivity contribution in [2.45, 2.75) is 45.6 Å². The van der Waals surface area contributed by atoms with Crippen LogP contribution >= 0.6 is 22.6 Å². The Morgan fingerprint density at radius 1 is 1.44 bits per heavy atom. The van der Waals surface area contributed by atoms with Crippen LogP contribution < -0.4 is 0 Å². The molecule has 1 saturated heterocycles. The van der Waals surface area contributed by atoms with Crippen molar-refractivity contribution in [3.63, 3.8) is 0 Å². The number of halogens is 1. The van der Waals surface area contributed by atoms with Crippen molar-refractivity contribution in [3.8, 4) is 0 Å². The Kier molecular flexibility index (Phi) is 4.65. The lowest BCUT2D eigenvalue weighted by Crippen LogP contribution is -2.43. The molecule has 3 heteroatoms. The predicted molar refractivity (Wildman–Crippen MR) is 82.9 cm³/mol. The lowest BCUT2D eigenvalue weighted by atomic mass is 9.98. The smallest absolute Gasteiger partial charge is 0.255 e. The van der Waals surface area contributed by atoms with Gasteiger partial charge in [0.05, 0.1) is 5.56 Å². The monoisotopic (exact) mass is 357 g/mol. The summed E-state index contributed by atoms with van der Waals surface area (Å²) in [6.45, 7) is 5.16. The van der Waals surface area contributed by atoms with Gasteiger partial charge in [-0.05, 0) is 66.8 Å². The second-order valence-corrected chi connectivity index (χ2v) is 6.07. The number of likely N-dealkylation sites (tertiary alicyclic amines) is 1. The number of amides is 1. The Balaban J connectivity index is 2.27. The summed E-state index contributed by atoms with van der Waals surface area (Å²) in [5.41, 5.74) is 2.06. The molecule has 0 bridgehead atoms. The van der Waals surface area contributed by atoms with Gasteiger partial charge in [0.1, 0.15) is 0 Å². The van der Waals surface area contributed by atoms with Crippen molar-refractivity contribution in [2.75, 3.05) is 6.54 Å². The molecule has 0 saturated carbocycles. The van der Waals surface area contributed by atoms with E-state index in [2.05, 4.69) is 47.4 Å². The Hall–Kier alpha value is -0.580. The first-order valence-corrected chi connectivity index (χ1v) is 7.79. The molecule has 0 aromatic heterocycles. The maximum atomic E-state index is 12.7. The normalized spacial score (nSPS) is 19.9. The van der Waals surface area contributed by atoms with E-state index in [0.717, 1.165) is 34.9 Å². The standard InChI is InChI=1S/C15H20INO/c1-3-12-8-4-5-10-17(12)15(18)13-9-6-7-11(2)14(13)16/h6-7,9,12H,3-5,8,10H2,1-2H3. The largest absolute Gasteiger partial charge is 0.336 e. The van der Waals surface area contributed by atoms with Crippen LogP contribution in [0.5, 0.6) is 0 Å². The van der Waals surface area contributed by atoms with Crippen molar-refractivity contribution in [1.82, 2.24) is 4.90 Å². The number of nitrogens with zero attached hydrogens (tertiary/aromatic N) is 1. The molecule has 1 atom stereocenters. The highest BCUT2D eigenvalue weighted by Crippen LogP contribution is 2.24. The second kappa shape index (κ2) is 6.04. The van der Waals surface area contributed by atoms with Crippen molar-refractivity contribution in [3.05, 3.63) is 32.9 Å². The van der Waals surface area contributed by atoms with E-state index in [1.54, 1.807) is 0 Å². The average molecular weight is 357 g/mol. The minimum atomic E-state index is 0.217. The molecule has 1 aliphatic heterocycles. The number of rotatable bonds is 2. The third-order valence-electron chi connectivity index (χ3n) is 3.78. The van der Waals surface area contributed by atoms with E-state index in [1.807, 2.05) is 12.1 Å². The molecule has 1 aromatic rings. The molecule has 2 rings (SSSR count). The van der Waals surface area contributed by atoms with E-state index in [-0.39, 0.29) is 5.91 Å². The van der Waals surface area contributed by atoms with Crippen molar-refractivity contribution in [1.29, 1.82) is 0 Å². The Morgan fingerprint density at radius 2 is 2.22 bits per heavy atom. The molecule has 0 N–H and O–H groups in total. The van der Waals surface area contributed by atoms with Crippen LogP contribution in [0.4, 0.5) is 0 Å². The number of benzene rings is 1. The van der Waals surface area contributed by atoms with E-state index in [9.17, 15) is 4.79 Å². The van der Waals surface area contributed by atoms with Crippen LogP contribution in [0.15, 0.2) is 18.2 Å². The van der Waals surface area contributed by atoms with Crippen molar-refractivity contribution < 1.29 is 4.79 Å². The second-order valence-electron chi connectivity index (χ2n) is 4.99. The van der Waals surface area contributed by atoms with Crippen molar-refractivity contribution in [2.24, 2.45) is 0 Å². The van der Waals surface area contributed by atoms with Gasteiger partial charge < -0.3 is 4.90 Å². The molecule has 1 amide bonds. The summed E-state index contributed by atoms with van der Waals surface area (Å²) in [5.74, 6) is 0.217. The molecule has 0 aliphatic carbocycles. The lowest BCUT2D eigenvalue weighted by Gasteiger charge is -2.35. The minimum Gasteiger partial charge on any atom is -0.336 e. The van der Waals surface area contributed by atoms with Gasteiger partial charge in [-0.15, -0.1) is 0 Å². The Labute approximate surface area is 123 Å². The molecule has 1 unspecified atom stereocenters. The van der Waals surface area contributed by atoms with Gasteiger partial charge in [-0.25, -0.2) is 0 Å². The van der Waals surface area contributed by atoms with Crippen LogP contribution in [0, 0.1) is 10.5 Å². The highest BCUT2D eigenvalue weighted by Gasteiger charge is 2.27. The van der Waals surface area contributed by atoms with Gasteiger partial charge in [-0.3, -0.25) is 4.79 Å². The summed E-state index contributed by atoms with van der Waals surface area (Å²) in [6, 6.07) is 6.43. The highest BCUT2D eigenvalue weighted by atomic mass is 127. The van der Waals surface area contributed by atoms with Crippen LogP contribution in [0.1, 0.15) is 48.5 Å². The molecule has 1 fully saturated rings. The minimum absolute atomic E-state index is 0.217. The zero-order valence-corrected chi connectivity index (χ0v) is 13.2. The van der Waals surface area contributed by atoms with Gasteiger partial charge in [-0.2, -0.15) is 0 Å². The molecule has 98 valence electrons. The van der Waals surface area contributed by atoms with E-state index in [4.69, 9.17) is 0 Å². The highest BCUT2D eigenvalue weighted by molar-refractivity contribution is 14.1. The molecule has 2 nitrogen and oxygen atoms in total. The number of hydrogen-bond acceptors (Lipinski definition) is 1. The Bertz CT molecular complexity index is 444. The first-order valence-electron chi connectivity index (χ1n) is 6.71. The van der Waals surface area contributed by atoms with E-state index in [1.165, 1.54) is 12.0 Å². The van der Waals surface area contributed by atoms with Crippen LogP contribution in [-0.4, -0.2) is 23.4 Å². The third kappa shape index (κ3) is 2.71. The molecular formula is C15H20INO. The van der Waals surface area contributed by atoms with Crippen LogP contribution in [0.2, 0.25) is 0 Å². The summed E-state index contributed by atoms with van der Waals surface area (Å²) in [7, 11) is 0. The SMILES string of the molecule is CCC1CCCCN1C(=O)c1cccc(C)c1I. The van der Waals surface area contributed by atoms with Crippen LogP contribution in [-0.2, 0) is 0 Å². The topological polar surface area (TPSA) is 20.3 Å². The van der Waals surface area contributed by atoms with Crippen LogP contribution in [0.25, 0.3) is 0 Å². The lowest BCUT2D eigenvalue weighted by molar-refractivity contribution is 0.0607. The van der Waals surface area contributed by atoms with Gasteiger partial charge >= 0.3 is 0 Å². The summed E-state index contributed by atoms with van der Waals surface area (Å²) < 4.78 is 1.10. The van der Waals surface area contributed by atoms with Crippen LogP contribution in [0.3, 0.4) is 0 Å². The van der Waals surface area contributed by atoms with Gasteiger partial charge in [-0.1, -0.05) is 19.1 Å². The number of carbonyl (C=O) groups is 1. The van der Waals surface area contributed by atoms with E-state index in [0.29, 0.717) is 6.04 Å². The van der Waals surface area contributed by atoms with E-state index >= 15 is 0 Å². The fraction of sp³-hybridized carbons (Fsp3) is 0.533.